The molecule has 0 bridgehead atoms. The van der Waals surface area contributed by atoms with Crippen LogP contribution in [0.4, 0.5) is 0 Å². The summed E-state index contributed by atoms with van der Waals surface area (Å²) in [6.45, 7) is 1.99. The van der Waals surface area contributed by atoms with Gasteiger partial charge in [0.1, 0.15) is 17.2 Å². The van der Waals surface area contributed by atoms with Gasteiger partial charge >= 0.3 is 5.97 Å². The third-order valence-electron chi connectivity index (χ3n) is 5.36. The fourth-order valence-electron chi connectivity index (χ4n) is 3.59. The number of rotatable bonds is 6. The van der Waals surface area contributed by atoms with Crippen molar-refractivity contribution in [1.82, 2.24) is 20.0 Å². The first-order valence-corrected chi connectivity index (χ1v) is 10.6. The second kappa shape index (κ2) is 8.99. The molecule has 5 rings (SSSR count). The lowest BCUT2D eigenvalue weighted by atomic mass is 10.1. The Labute approximate surface area is 195 Å². The van der Waals surface area contributed by atoms with Crippen LogP contribution >= 0.6 is 0 Å². The van der Waals surface area contributed by atoms with Gasteiger partial charge in [-0.05, 0) is 55.0 Å². The molecule has 3 aromatic carbocycles. The molecule has 0 atom stereocenters. The van der Waals surface area contributed by atoms with Crippen LogP contribution in [0.1, 0.15) is 15.9 Å². The molecule has 7 heteroatoms. The van der Waals surface area contributed by atoms with Gasteiger partial charge in [0, 0.05) is 11.1 Å². The first-order valence-electron chi connectivity index (χ1n) is 10.6. The van der Waals surface area contributed by atoms with Crippen molar-refractivity contribution >= 4 is 5.97 Å². The van der Waals surface area contributed by atoms with Gasteiger partial charge in [-0.1, -0.05) is 47.7 Å². The Morgan fingerprint density at radius 1 is 0.853 bits per heavy atom. The molecule has 0 amide bonds. The van der Waals surface area contributed by atoms with Gasteiger partial charge in [-0.15, -0.1) is 5.10 Å². The van der Waals surface area contributed by atoms with Crippen LogP contribution in [0.3, 0.4) is 0 Å². The number of benzene rings is 3. The number of aromatic carboxylic acids is 1. The van der Waals surface area contributed by atoms with Gasteiger partial charge in [0.25, 0.3) is 0 Å². The number of para-hydroxylation sites is 1. The normalized spacial score (nSPS) is 10.7. The molecule has 5 aromatic rings. The number of aryl methyl sites for hydroxylation is 1. The van der Waals surface area contributed by atoms with Crippen LogP contribution in [0.25, 0.3) is 28.2 Å². The van der Waals surface area contributed by atoms with Crippen molar-refractivity contribution < 1.29 is 14.6 Å². The highest BCUT2D eigenvalue weighted by Gasteiger charge is 2.11. The number of carbonyl (C=O) groups is 1. The molecule has 0 aliphatic heterocycles. The van der Waals surface area contributed by atoms with Gasteiger partial charge in [-0.2, -0.15) is 0 Å². The van der Waals surface area contributed by atoms with Crippen LogP contribution in [0.15, 0.2) is 97.3 Å². The predicted molar refractivity (Wildman–Crippen MR) is 128 cm³/mol. The van der Waals surface area contributed by atoms with Crippen molar-refractivity contribution in [3.63, 3.8) is 0 Å². The van der Waals surface area contributed by atoms with Crippen molar-refractivity contribution in [2.75, 3.05) is 0 Å². The molecule has 0 saturated carbocycles. The number of hydrogen-bond donors (Lipinski definition) is 1. The van der Waals surface area contributed by atoms with E-state index in [4.69, 9.17) is 9.84 Å². The Kier molecular flexibility index (Phi) is 5.58. The summed E-state index contributed by atoms with van der Waals surface area (Å²) in [6.07, 6.45) is 3.56. The lowest BCUT2D eigenvalue weighted by Gasteiger charge is -2.10. The second-order valence-corrected chi connectivity index (χ2v) is 7.73. The minimum absolute atomic E-state index is 0.227. The minimum atomic E-state index is -0.964. The molecular weight excluding hydrogens is 428 g/mol. The fraction of sp³-hybridized carbons (Fsp3) is 0.0370. The molecular formula is C27H20N4O3. The SMILES string of the molecule is Cc1cc(-c2cccc(Oc3ccccc3)c2)ncc1-n1cc(-c2ccc(C(=O)O)cc2)nn1. The maximum atomic E-state index is 11.1. The number of ether oxygens (including phenoxy) is 1. The number of pyridine rings is 1. The van der Waals surface area contributed by atoms with Gasteiger partial charge in [0.05, 0.1) is 29.3 Å². The van der Waals surface area contributed by atoms with E-state index in [1.807, 2.05) is 67.6 Å². The van der Waals surface area contributed by atoms with E-state index in [-0.39, 0.29) is 5.56 Å². The Morgan fingerprint density at radius 3 is 2.35 bits per heavy atom. The molecule has 2 heterocycles. The second-order valence-electron chi connectivity index (χ2n) is 7.73. The molecule has 0 radical (unpaired) electrons. The Balaban J connectivity index is 1.38. The third-order valence-corrected chi connectivity index (χ3v) is 5.36. The standard InChI is InChI=1S/C27H20N4O3/c1-18-14-24(21-6-5-9-23(15-21)34-22-7-3-2-4-8-22)28-16-26(18)31-17-25(29-30-31)19-10-12-20(13-11-19)27(32)33/h2-17H,1H3,(H,32,33). The van der Waals surface area contributed by atoms with Crippen LogP contribution < -0.4 is 4.74 Å². The maximum absolute atomic E-state index is 11.1. The van der Waals surface area contributed by atoms with Crippen molar-refractivity contribution in [3.05, 3.63) is 108 Å². The number of carboxylic acids is 1. The van der Waals surface area contributed by atoms with Gasteiger partial charge in [0.15, 0.2) is 0 Å². The van der Waals surface area contributed by atoms with E-state index in [0.29, 0.717) is 5.69 Å². The van der Waals surface area contributed by atoms with E-state index < -0.39 is 5.97 Å². The molecule has 0 saturated heterocycles. The molecule has 0 aliphatic carbocycles. The quantitative estimate of drug-likeness (QED) is 0.353. The highest BCUT2D eigenvalue weighted by atomic mass is 16.5. The Morgan fingerprint density at radius 2 is 1.62 bits per heavy atom. The molecule has 0 unspecified atom stereocenters. The molecule has 0 aliphatic rings. The summed E-state index contributed by atoms with van der Waals surface area (Å²) in [5, 5.41) is 17.5. The van der Waals surface area contributed by atoms with Gasteiger partial charge < -0.3 is 9.84 Å². The lowest BCUT2D eigenvalue weighted by molar-refractivity contribution is 0.0697. The zero-order valence-corrected chi connectivity index (χ0v) is 18.3. The molecule has 2 aromatic heterocycles. The maximum Gasteiger partial charge on any atom is 0.335 e. The van der Waals surface area contributed by atoms with Crippen LogP contribution in [0.2, 0.25) is 0 Å². The van der Waals surface area contributed by atoms with Crippen LogP contribution in [0, 0.1) is 6.92 Å². The van der Waals surface area contributed by atoms with Crippen LogP contribution in [0.5, 0.6) is 11.5 Å². The van der Waals surface area contributed by atoms with E-state index in [1.54, 1.807) is 41.3 Å². The number of aromatic nitrogens is 4. The summed E-state index contributed by atoms with van der Waals surface area (Å²) in [5.74, 6) is 0.551. The number of carboxylic acid groups (broad SMARTS) is 1. The summed E-state index contributed by atoms with van der Waals surface area (Å²) < 4.78 is 7.61. The van der Waals surface area contributed by atoms with Crippen molar-refractivity contribution in [2.24, 2.45) is 0 Å². The lowest BCUT2D eigenvalue weighted by Crippen LogP contribution is -2.00. The summed E-state index contributed by atoms with van der Waals surface area (Å²) >= 11 is 0. The monoisotopic (exact) mass is 448 g/mol. The van der Waals surface area contributed by atoms with E-state index in [0.717, 1.165) is 39.6 Å². The molecule has 1 N–H and O–H groups in total. The minimum Gasteiger partial charge on any atom is -0.478 e. The zero-order chi connectivity index (χ0) is 23.5. The van der Waals surface area contributed by atoms with Gasteiger partial charge in [-0.25, -0.2) is 9.48 Å². The fourth-order valence-corrected chi connectivity index (χ4v) is 3.59. The number of nitrogens with zero attached hydrogens (tertiary/aromatic N) is 4. The molecule has 7 nitrogen and oxygen atoms in total. The molecule has 0 fully saturated rings. The van der Waals surface area contributed by atoms with Crippen molar-refractivity contribution in [2.45, 2.75) is 6.92 Å². The molecule has 34 heavy (non-hydrogen) atoms. The molecule has 166 valence electrons. The van der Waals surface area contributed by atoms with Crippen LogP contribution in [-0.4, -0.2) is 31.1 Å². The summed E-state index contributed by atoms with van der Waals surface area (Å²) in [4.78, 5) is 15.7. The first kappa shape index (κ1) is 21.1. The summed E-state index contributed by atoms with van der Waals surface area (Å²) in [5.41, 5.74) is 5.22. The average molecular weight is 448 g/mol. The summed E-state index contributed by atoms with van der Waals surface area (Å²) in [6, 6.07) is 26.0. The smallest absolute Gasteiger partial charge is 0.335 e. The van der Waals surface area contributed by atoms with E-state index >= 15 is 0 Å². The highest BCUT2D eigenvalue weighted by molar-refractivity contribution is 5.88. The average Bonchev–Trinajstić information content (AvgIpc) is 3.35. The first-order chi connectivity index (χ1) is 16.6. The number of hydrogen-bond acceptors (Lipinski definition) is 5. The van der Waals surface area contributed by atoms with E-state index in [2.05, 4.69) is 15.3 Å². The largest absolute Gasteiger partial charge is 0.478 e. The Hall–Kier alpha value is -4.78. The van der Waals surface area contributed by atoms with E-state index in [1.165, 1.54) is 0 Å². The van der Waals surface area contributed by atoms with Gasteiger partial charge in [0.2, 0.25) is 0 Å². The topological polar surface area (TPSA) is 90.1 Å². The Bertz CT molecular complexity index is 1460. The van der Waals surface area contributed by atoms with E-state index in [9.17, 15) is 4.79 Å². The predicted octanol–water partition coefficient (Wildman–Crippen LogP) is 5.80. The van der Waals surface area contributed by atoms with Crippen molar-refractivity contribution in [1.29, 1.82) is 0 Å². The third kappa shape index (κ3) is 4.40. The van der Waals surface area contributed by atoms with Crippen molar-refractivity contribution in [3.8, 4) is 39.7 Å². The highest BCUT2D eigenvalue weighted by Crippen LogP contribution is 2.28. The summed E-state index contributed by atoms with van der Waals surface area (Å²) in [7, 11) is 0. The molecule has 0 spiro atoms. The zero-order valence-electron chi connectivity index (χ0n) is 18.3. The van der Waals surface area contributed by atoms with Gasteiger partial charge in [-0.3, -0.25) is 4.98 Å². The van der Waals surface area contributed by atoms with Crippen LogP contribution in [-0.2, 0) is 0 Å².